The molecule has 0 bridgehead atoms. The van der Waals surface area contributed by atoms with Crippen molar-refractivity contribution in [3.05, 3.63) is 206 Å². The van der Waals surface area contributed by atoms with Crippen LogP contribution >= 0.6 is 11.3 Å². The van der Waals surface area contributed by atoms with Crippen LogP contribution in [0.3, 0.4) is 0 Å². The summed E-state index contributed by atoms with van der Waals surface area (Å²) in [6.45, 7) is 0. The Balaban J connectivity index is 1.01. The molecule has 0 fully saturated rings. The standard InChI is InChI=1S/C56H34N4OS/c1-4-12-35(13-5-1)36-20-22-37(23-21-36)38-24-27-41(28-25-38)53-58-54(60-55(59-53)45-19-11-10-18-44(45)39-14-6-2-7-15-39)43-29-26-40-30-31-47-50(46(40)34-43)51-48(61-47)32-33-49-52(51)57-56(62-49)42-16-8-3-9-17-42/h1-34H. The first-order chi connectivity index (χ1) is 30.7. The first-order valence-electron chi connectivity index (χ1n) is 20.6. The molecule has 0 atom stereocenters. The number of nitrogens with zero attached hydrogens (tertiary/aromatic N) is 4. The van der Waals surface area contributed by atoms with Gasteiger partial charge in [-0.15, -0.1) is 11.3 Å². The summed E-state index contributed by atoms with van der Waals surface area (Å²) in [4.78, 5) is 20.9. The molecule has 5 nitrogen and oxygen atoms in total. The van der Waals surface area contributed by atoms with Crippen molar-refractivity contribution in [2.75, 3.05) is 0 Å². The number of hydrogen-bond donors (Lipinski definition) is 0. The minimum absolute atomic E-state index is 0.588. The molecule has 0 aliphatic rings. The monoisotopic (exact) mass is 810 g/mol. The smallest absolute Gasteiger partial charge is 0.164 e. The van der Waals surface area contributed by atoms with Crippen LogP contribution in [0.5, 0.6) is 0 Å². The average molecular weight is 811 g/mol. The van der Waals surface area contributed by atoms with Crippen LogP contribution in [0.2, 0.25) is 0 Å². The second-order valence-corrected chi connectivity index (χ2v) is 16.4. The van der Waals surface area contributed by atoms with Gasteiger partial charge in [0.15, 0.2) is 17.5 Å². The summed E-state index contributed by atoms with van der Waals surface area (Å²) in [5.41, 5.74) is 13.2. The highest BCUT2D eigenvalue weighted by Gasteiger charge is 2.20. The molecule has 0 spiro atoms. The number of fused-ring (bicyclic) bond motifs is 7. The minimum atomic E-state index is 0.588. The van der Waals surface area contributed by atoms with Crippen molar-refractivity contribution in [3.63, 3.8) is 0 Å². The third-order valence-electron chi connectivity index (χ3n) is 11.6. The van der Waals surface area contributed by atoms with Gasteiger partial charge >= 0.3 is 0 Å². The summed E-state index contributed by atoms with van der Waals surface area (Å²) in [5, 5.41) is 5.18. The van der Waals surface area contributed by atoms with E-state index in [9.17, 15) is 0 Å². The van der Waals surface area contributed by atoms with E-state index in [1.165, 1.54) is 11.1 Å². The lowest BCUT2D eigenvalue weighted by Crippen LogP contribution is -2.01. The Bertz CT molecular complexity index is 3600. The fourth-order valence-electron chi connectivity index (χ4n) is 8.51. The lowest BCUT2D eigenvalue weighted by Gasteiger charge is -2.13. The molecule has 12 aromatic rings. The molecular weight excluding hydrogens is 777 g/mol. The Labute approximate surface area is 361 Å². The Kier molecular flexibility index (Phi) is 8.61. The fourth-order valence-corrected chi connectivity index (χ4v) is 9.49. The molecule has 3 aromatic heterocycles. The molecule has 290 valence electrons. The van der Waals surface area contributed by atoms with E-state index >= 15 is 0 Å². The highest BCUT2D eigenvalue weighted by atomic mass is 32.1. The molecule has 12 rings (SSSR count). The van der Waals surface area contributed by atoms with Crippen LogP contribution in [0, 0.1) is 0 Å². The van der Waals surface area contributed by atoms with Crippen LogP contribution in [0.4, 0.5) is 0 Å². The normalized spacial score (nSPS) is 11.5. The SMILES string of the molecule is c1ccc(-c2ccc(-c3ccc(-c4nc(-c5ccc6ccc7oc8ccc9sc(-c%10ccccc%10)nc9c8c7c6c5)nc(-c5ccccc5-c5ccccc5)n4)cc3)cc2)cc1. The van der Waals surface area contributed by atoms with Crippen LogP contribution in [-0.4, -0.2) is 19.9 Å². The summed E-state index contributed by atoms with van der Waals surface area (Å²) in [5.74, 6) is 1.79. The molecule has 0 unspecified atom stereocenters. The molecule has 0 amide bonds. The maximum absolute atomic E-state index is 6.53. The van der Waals surface area contributed by atoms with E-state index in [1.807, 2.05) is 24.3 Å². The lowest BCUT2D eigenvalue weighted by molar-refractivity contribution is 0.669. The molecule has 6 heteroatoms. The van der Waals surface area contributed by atoms with E-state index in [1.54, 1.807) is 11.3 Å². The maximum Gasteiger partial charge on any atom is 0.164 e. The van der Waals surface area contributed by atoms with Gasteiger partial charge < -0.3 is 4.42 Å². The third-order valence-corrected chi connectivity index (χ3v) is 12.7. The predicted octanol–water partition coefficient (Wildman–Crippen LogP) is 15.2. The van der Waals surface area contributed by atoms with E-state index in [0.29, 0.717) is 17.5 Å². The number of aromatic nitrogens is 4. The predicted molar refractivity (Wildman–Crippen MR) is 256 cm³/mol. The third kappa shape index (κ3) is 6.33. The van der Waals surface area contributed by atoms with Crippen molar-refractivity contribution in [2.24, 2.45) is 0 Å². The van der Waals surface area contributed by atoms with Gasteiger partial charge in [0.1, 0.15) is 16.2 Å². The zero-order valence-electron chi connectivity index (χ0n) is 33.2. The summed E-state index contributed by atoms with van der Waals surface area (Å²) in [6.07, 6.45) is 0. The Morgan fingerprint density at radius 1 is 0.339 bits per heavy atom. The van der Waals surface area contributed by atoms with Crippen LogP contribution < -0.4 is 0 Å². The zero-order chi connectivity index (χ0) is 41.0. The van der Waals surface area contributed by atoms with Crippen LogP contribution in [-0.2, 0) is 0 Å². The van der Waals surface area contributed by atoms with E-state index in [4.69, 9.17) is 24.4 Å². The second-order valence-electron chi connectivity index (χ2n) is 15.4. The van der Waals surface area contributed by atoms with Gasteiger partial charge in [0, 0.05) is 27.6 Å². The second kappa shape index (κ2) is 14.9. The molecular formula is C56H34N4OS. The summed E-state index contributed by atoms with van der Waals surface area (Å²) >= 11 is 1.70. The topological polar surface area (TPSA) is 64.7 Å². The first-order valence-corrected chi connectivity index (χ1v) is 21.4. The highest BCUT2D eigenvalue weighted by Crippen LogP contribution is 2.42. The Morgan fingerprint density at radius 2 is 0.823 bits per heavy atom. The molecule has 0 aliphatic heterocycles. The summed E-state index contributed by atoms with van der Waals surface area (Å²) in [6, 6.07) is 71.6. The van der Waals surface area contributed by atoms with Gasteiger partial charge in [0.25, 0.3) is 0 Å². The number of thiazole rings is 1. The van der Waals surface area contributed by atoms with E-state index in [0.717, 1.165) is 92.4 Å². The van der Waals surface area contributed by atoms with Gasteiger partial charge in [-0.25, -0.2) is 19.9 Å². The van der Waals surface area contributed by atoms with E-state index in [2.05, 4.69) is 182 Å². The number of benzene rings is 9. The molecule has 62 heavy (non-hydrogen) atoms. The first kappa shape index (κ1) is 35.8. The molecule has 0 N–H and O–H groups in total. The van der Waals surface area contributed by atoms with Crippen molar-refractivity contribution in [1.29, 1.82) is 0 Å². The van der Waals surface area contributed by atoms with E-state index in [-0.39, 0.29) is 0 Å². The van der Waals surface area contributed by atoms with Gasteiger partial charge in [0.05, 0.1) is 15.6 Å². The fraction of sp³-hybridized carbons (Fsp3) is 0. The maximum atomic E-state index is 6.53. The molecule has 0 aliphatic carbocycles. The minimum Gasteiger partial charge on any atom is -0.456 e. The van der Waals surface area contributed by atoms with Crippen LogP contribution in [0.15, 0.2) is 211 Å². The van der Waals surface area contributed by atoms with Crippen LogP contribution in [0.25, 0.3) is 121 Å². The van der Waals surface area contributed by atoms with E-state index < -0.39 is 0 Å². The average Bonchev–Trinajstić information content (AvgIpc) is 3.97. The van der Waals surface area contributed by atoms with Gasteiger partial charge in [-0.05, 0) is 68.4 Å². The largest absolute Gasteiger partial charge is 0.456 e. The highest BCUT2D eigenvalue weighted by molar-refractivity contribution is 7.21. The Morgan fingerprint density at radius 3 is 1.50 bits per heavy atom. The molecule has 0 radical (unpaired) electrons. The number of furan rings is 1. The van der Waals surface area contributed by atoms with Crippen molar-refractivity contribution >= 4 is 54.3 Å². The summed E-state index contributed by atoms with van der Waals surface area (Å²) in [7, 11) is 0. The van der Waals surface area contributed by atoms with Crippen molar-refractivity contribution < 1.29 is 4.42 Å². The number of rotatable bonds is 7. The zero-order valence-corrected chi connectivity index (χ0v) is 34.1. The van der Waals surface area contributed by atoms with Crippen molar-refractivity contribution in [1.82, 2.24) is 19.9 Å². The van der Waals surface area contributed by atoms with Crippen molar-refractivity contribution in [3.8, 4) is 78.1 Å². The Hall–Kier alpha value is -8.06. The van der Waals surface area contributed by atoms with Gasteiger partial charge in [0.2, 0.25) is 0 Å². The van der Waals surface area contributed by atoms with Crippen molar-refractivity contribution in [2.45, 2.75) is 0 Å². The van der Waals surface area contributed by atoms with Gasteiger partial charge in [-0.1, -0.05) is 182 Å². The quantitative estimate of drug-likeness (QED) is 0.160. The molecule has 9 aromatic carbocycles. The molecule has 0 saturated carbocycles. The molecule has 3 heterocycles. The summed E-state index contributed by atoms with van der Waals surface area (Å²) < 4.78 is 7.65. The molecule has 0 saturated heterocycles. The van der Waals surface area contributed by atoms with Gasteiger partial charge in [-0.3, -0.25) is 0 Å². The lowest BCUT2D eigenvalue weighted by atomic mass is 9.98. The van der Waals surface area contributed by atoms with Gasteiger partial charge in [-0.2, -0.15) is 0 Å². The number of hydrogen-bond acceptors (Lipinski definition) is 6. The van der Waals surface area contributed by atoms with Crippen LogP contribution in [0.1, 0.15) is 0 Å².